The first-order valence-corrected chi connectivity index (χ1v) is 9.86. The highest BCUT2D eigenvalue weighted by molar-refractivity contribution is 6.00. The predicted molar refractivity (Wildman–Crippen MR) is 115 cm³/mol. The van der Waals surface area contributed by atoms with E-state index in [9.17, 15) is 9.59 Å². The third-order valence-corrected chi connectivity index (χ3v) is 5.41. The standard InChI is InChI=1S/C23H20N2O6/c1-24-11-9-14(10-12-24)20-18-13-17(29-16-5-3-15(28-2)4-6-16)7-8-19(18)25-21(20)30-22(26)23(27)31-25/h3-9,13H,10-12H2,1-2H3. The van der Waals surface area contributed by atoms with Crippen LogP contribution in [0, 0.1) is 0 Å². The van der Waals surface area contributed by atoms with E-state index in [2.05, 4.69) is 11.0 Å². The van der Waals surface area contributed by atoms with Gasteiger partial charge in [-0.05, 0) is 61.5 Å². The molecule has 0 amide bonds. The number of ether oxygens (including phenoxy) is 2. The Morgan fingerprint density at radius 3 is 2.42 bits per heavy atom. The quantitative estimate of drug-likeness (QED) is 0.467. The number of likely N-dealkylation sites (N-methyl/N-ethyl adjacent to an activating group) is 1. The lowest BCUT2D eigenvalue weighted by Gasteiger charge is -2.21. The highest BCUT2D eigenvalue weighted by atomic mass is 16.5. The Kier molecular flexibility index (Phi) is 4.63. The molecule has 2 aromatic carbocycles. The highest BCUT2D eigenvalue weighted by Gasteiger charge is 2.23. The van der Waals surface area contributed by atoms with Crippen LogP contribution in [0.4, 0.5) is 0 Å². The van der Waals surface area contributed by atoms with E-state index in [0.717, 1.165) is 41.8 Å². The van der Waals surface area contributed by atoms with Crippen LogP contribution >= 0.6 is 0 Å². The topological polar surface area (TPSA) is 86.5 Å². The monoisotopic (exact) mass is 420 g/mol. The van der Waals surface area contributed by atoms with Gasteiger partial charge in [0.2, 0.25) is 5.71 Å². The highest BCUT2D eigenvalue weighted by Crippen LogP contribution is 2.37. The van der Waals surface area contributed by atoms with Crippen LogP contribution in [0.1, 0.15) is 12.0 Å². The molecule has 0 atom stereocenters. The molecule has 31 heavy (non-hydrogen) atoms. The van der Waals surface area contributed by atoms with E-state index in [1.807, 2.05) is 37.4 Å². The Labute approximate surface area is 176 Å². The number of nitrogens with zero attached hydrogens (tertiary/aromatic N) is 2. The fourth-order valence-corrected chi connectivity index (χ4v) is 3.80. The zero-order valence-electron chi connectivity index (χ0n) is 17.1. The zero-order valence-corrected chi connectivity index (χ0v) is 17.1. The number of hydrogen-bond acceptors (Lipinski definition) is 7. The van der Waals surface area contributed by atoms with Crippen LogP contribution in [0.15, 0.2) is 67.1 Å². The molecule has 0 aliphatic carbocycles. The summed E-state index contributed by atoms with van der Waals surface area (Å²) >= 11 is 0. The molecule has 3 heterocycles. The summed E-state index contributed by atoms with van der Waals surface area (Å²) in [6, 6.07) is 12.7. The minimum atomic E-state index is -1.05. The Hall–Kier alpha value is -3.78. The molecule has 1 aliphatic heterocycles. The zero-order chi connectivity index (χ0) is 21.5. The van der Waals surface area contributed by atoms with Gasteiger partial charge in [-0.15, -0.1) is 4.57 Å². The average Bonchev–Trinajstić information content (AvgIpc) is 3.08. The summed E-state index contributed by atoms with van der Waals surface area (Å²) in [5.74, 6) is 2.00. The van der Waals surface area contributed by atoms with Gasteiger partial charge < -0.3 is 23.3 Å². The summed E-state index contributed by atoms with van der Waals surface area (Å²) in [5, 5.41) is 0.777. The molecule has 0 bridgehead atoms. The van der Waals surface area contributed by atoms with Crippen molar-refractivity contribution in [1.29, 1.82) is 0 Å². The molecule has 158 valence electrons. The van der Waals surface area contributed by atoms with E-state index in [0.29, 0.717) is 17.0 Å². The molecular formula is C23H20N2O6. The summed E-state index contributed by atoms with van der Waals surface area (Å²) in [6.45, 7) is 1.64. The first-order valence-electron chi connectivity index (χ1n) is 9.86. The summed E-state index contributed by atoms with van der Waals surface area (Å²) in [5.41, 5.74) is 0.532. The molecule has 5 rings (SSSR count). The maximum Gasteiger partial charge on any atom is 0.442 e. The van der Waals surface area contributed by atoms with Crippen molar-refractivity contribution in [3.05, 3.63) is 74.9 Å². The number of methoxy groups -OCH3 is 1. The second-order valence-electron chi connectivity index (χ2n) is 7.44. The van der Waals surface area contributed by atoms with E-state index >= 15 is 0 Å². The molecule has 0 saturated heterocycles. The lowest BCUT2D eigenvalue weighted by molar-refractivity contribution is 0.286. The first-order chi connectivity index (χ1) is 15.0. The lowest BCUT2D eigenvalue weighted by Crippen LogP contribution is -2.24. The van der Waals surface area contributed by atoms with Gasteiger partial charge in [0.05, 0.1) is 18.2 Å². The van der Waals surface area contributed by atoms with E-state index < -0.39 is 11.3 Å². The van der Waals surface area contributed by atoms with Crippen LogP contribution in [0.25, 0.3) is 22.2 Å². The summed E-state index contributed by atoms with van der Waals surface area (Å²) in [7, 11) is 3.65. The molecule has 2 aromatic heterocycles. The predicted octanol–water partition coefficient (Wildman–Crippen LogP) is 3.52. The maximum absolute atomic E-state index is 11.9. The van der Waals surface area contributed by atoms with E-state index in [1.165, 1.54) is 4.57 Å². The summed E-state index contributed by atoms with van der Waals surface area (Å²) in [6.07, 6.45) is 2.87. The molecule has 0 fully saturated rings. The van der Waals surface area contributed by atoms with E-state index in [-0.39, 0.29) is 5.71 Å². The molecule has 0 saturated carbocycles. The molecular weight excluding hydrogens is 400 g/mol. The normalized spacial score (nSPS) is 14.7. The average molecular weight is 420 g/mol. The molecule has 0 unspecified atom stereocenters. The largest absolute Gasteiger partial charge is 0.497 e. The smallest absolute Gasteiger partial charge is 0.442 e. The van der Waals surface area contributed by atoms with Gasteiger partial charge in [-0.3, -0.25) is 0 Å². The first kappa shape index (κ1) is 19.2. The summed E-state index contributed by atoms with van der Waals surface area (Å²) < 4.78 is 23.1. The van der Waals surface area contributed by atoms with Gasteiger partial charge in [0, 0.05) is 18.5 Å². The Bertz CT molecular complexity index is 1420. The molecule has 8 nitrogen and oxygen atoms in total. The van der Waals surface area contributed by atoms with Crippen LogP contribution in [0.5, 0.6) is 17.2 Å². The maximum atomic E-state index is 11.9. The minimum Gasteiger partial charge on any atom is -0.497 e. The number of fused-ring (bicyclic) bond motifs is 3. The van der Waals surface area contributed by atoms with Crippen LogP contribution in [0.3, 0.4) is 0 Å². The fourth-order valence-electron chi connectivity index (χ4n) is 3.80. The Balaban J connectivity index is 1.68. The van der Waals surface area contributed by atoms with E-state index in [4.69, 9.17) is 18.4 Å². The molecule has 0 radical (unpaired) electrons. The van der Waals surface area contributed by atoms with Gasteiger partial charge >= 0.3 is 11.3 Å². The van der Waals surface area contributed by atoms with Crippen molar-refractivity contribution >= 4 is 22.2 Å². The molecule has 4 aromatic rings. The van der Waals surface area contributed by atoms with Crippen molar-refractivity contribution in [2.75, 3.05) is 27.2 Å². The van der Waals surface area contributed by atoms with Gasteiger partial charge in [0.25, 0.3) is 0 Å². The van der Waals surface area contributed by atoms with Crippen LogP contribution in [-0.4, -0.2) is 36.7 Å². The molecule has 0 spiro atoms. The van der Waals surface area contributed by atoms with Crippen molar-refractivity contribution in [3.8, 4) is 17.2 Å². The minimum absolute atomic E-state index is 0.219. The molecule has 0 N–H and O–H groups in total. The van der Waals surface area contributed by atoms with Crippen molar-refractivity contribution in [1.82, 2.24) is 9.47 Å². The van der Waals surface area contributed by atoms with Crippen LogP contribution < -0.4 is 20.7 Å². The second-order valence-corrected chi connectivity index (χ2v) is 7.44. The van der Waals surface area contributed by atoms with Gasteiger partial charge in [0.15, 0.2) is 0 Å². The lowest BCUT2D eigenvalue weighted by atomic mass is 9.98. The van der Waals surface area contributed by atoms with Crippen molar-refractivity contribution in [3.63, 3.8) is 0 Å². The third-order valence-electron chi connectivity index (χ3n) is 5.41. The number of aromatic nitrogens is 1. The van der Waals surface area contributed by atoms with Crippen molar-refractivity contribution in [2.45, 2.75) is 6.42 Å². The third kappa shape index (κ3) is 3.40. The second kappa shape index (κ2) is 7.48. The van der Waals surface area contributed by atoms with Crippen LogP contribution in [0.2, 0.25) is 0 Å². The number of hydrogen-bond donors (Lipinski definition) is 0. The van der Waals surface area contributed by atoms with Crippen molar-refractivity contribution < 1.29 is 18.4 Å². The van der Waals surface area contributed by atoms with Gasteiger partial charge in [-0.2, -0.15) is 0 Å². The molecule has 1 aliphatic rings. The van der Waals surface area contributed by atoms with Gasteiger partial charge in [0.1, 0.15) is 17.2 Å². The molecule has 8 heteroatoms. The Morgan fingerprint density at radius 1 is 0.968 bits per heavy atom. The van der Waals surface area contributed by atoms with Gasteiger partial charge in [-0.1, -0.05) is 6.08 Å². The number of rotatable bonds is 4. The van der Waals surface area contributed by atoms with E-state index in [1.54, 1.807) is 19.2 Å². The van der Waals surface area contributed by atoms with Crippen LogP contribution in [-0.2, 0) is 0 Å². The summed E-state index contributed by atoms with van der Waals surface area (Å²) in [4.78, 5) is 25.9. The number of benzene rings is 2. The Morgan fingerprint density at radius 2 is 1.71 bits per heavy atom. The fraction of sp³-hybridized carbons (Fsp3) is 0.217. The van der Waals surface area contributed by atoms with Crippen molar-refractivity contribution in [2.24, 2.45) is 0 Å². The SMILES string of the molecule is COc1ccc(Oc2ccc3c(c2)c(C2=CCN(C)CC2)c2oc(=O)c(=O)on23)cc1. The van der Waals surface area contributed by atoms with Gasteiger partial charge in [-0.25, -0.2) is 9.59 Å².